The van der Waals surface area contributed by atoms with Crippen LogP contribution >= 0.6 is 0 Å². The SMILES string of the molecule is [2H]C([2H])([2H])CN1c2ccccc2N(c2cccc(N3c4ccccc4N(C([2H])([2H])C([2H])([2H])[2H])[C@H]3C)c2C)[C@H]1C. The molecule has 0 radical (unpaired) electrons. The van der Waals surface area contributed by atoms with Crippen LogP contribution in [0.15, 0.2) is 66.7 Å². The van der Waals surface area contributed by atoms with Crippen molar-refractivity contribution in [3.63, 3.8) is 0 Å². The van der Waals surface area contributed by atoms with Gasteiger partial charge in [-0.2, -0.15) is 0 Å². The molecular weight excluding hydrogens is 380 g/mol. The minimum absolute atomic E-state index is 0.0872. The van der Waals surface area contributed by atoms with Crippen LogP contribution in [-0.2, 0) is 0 Å². The minimum Gasteiger partial charge on any atom is -0.350 e. The van der Waals surface area contributed by atoms with Gasteiger partial charge in [-0.25, -0.2) is 0 Å². The Labute approximate surface area is 197 Å². The van der Waals surface area contributed by atoms with Crippen LogP contribution in [0, 0.1) is 6.92 Å². The van der Waals surface area contributed by atoms with Crippen LogP contribution in [0.4, 0.5) is 34.1 Å². The van der Waals surface area contributed by atoms with Gasteiger partial charge in [0, 0.05) is 35.4 Å². The predicted octanol–water partition coefficient (Wildman–Crippen LogP) is 6.64. The number of rotatable bonds is 4. The topological polar surface area (TPSA) is 13.0 Å². The molecule has 0 saturated heterocycles. The van der Waals surface area contributed by atoms with Crippen LogP contribution in [0.1, 0.15) is 44.1 Å². The Hall–Kier alpha value is -3.14. The van der Waals surface area contributed by atoms with Crippen molar-refractivity contribution in [3.05, 3.63) is 72.3 Å². The fourth-order valence-electron chi connectivity index (χ4n) is 5.01. The van der Waals surface area contributed by atoms with Crippen molar-refractivity contribution >= 4 is 34.1 Å². The first kappa shape index (κ1) is 12.7. The van der Waals surface area contributed by atoms with Crippen molar-refractivity contribution in [3.8, 4) is 0 Å². The molecule has 2 aliphatic rings. The Morgan fingerprint density at radius 2 is 1.16 bits per heavy atom. The van der Waals surface area contributed by atoms with Crippen molar-refractivity contribution in [1.29, 1.82) is 0 Å². The zero-order chi connectivity index (χ0) is 28.5. The lowest BCUT2D eigenvalue weighted by Crippen LogP contribution is -2.39. The largest absolute Gasteiger partial charge is 0.350 e. The molecule has 4 nitrogen and oxygen atoms in total. The van der Waals surface area contributed by atoms with E-state index in [2.05, 4.69) is 4.90 Å². The summed E-state index contributed by atoms with van der Waals surface area (Å²) >= 11 is 0. The van der Waals surface area contributed by atoms with Crippen molar-refractivity contribution in [2.75, 3.05) is 32.6 Å². The standard InChI is InChI=1S/C27H32N4/c1-6-28-20(4)30(26-15-10-8-13-24(26)28)22-17-12-18-23(19(22)3)31-21(5)29(7-2)25-14-9-11-16-27(25)31/h8-18,20-21H,6-7H2,1-5H3/t20-,21+/i1D3,2D3,6D2/m1/s1. The first-order valence-electron chi connectivity index (χ1n) is 14.6. The van der Waals surface area contributed by atoms with Gasteiger partial charge in [0.1, 0.15) is 12.3 Å². The van der Waals surface area contributed by atoms with Gasteiger partial charge < -0.3 is 19.6 Å². The lowest BCUT2D eigenvalue weighted by Gasteiger charge is -2.34. The molecule has 31 heavy (non-hydrogen) atoms. The summed E-state index contributed by atoms with van der Waals surface area (Å²) in [4.78, 5) is 7.35. The van der Waals surface area contributed by atoms with Gasteiger partial charge in [-0.1, -0.05) is 30.3 Å². The van der Waals surface area contributed by atoms with Gasteiger partial charge >= 0.3 is 0 Å². The van der Waals surface area contributed by atoms with E-state index in [4.69, 9.17) is 11.0 Å². The number of fused-ring (bicyclic) bond motifs is 2. The fraction of sp³-hybridized carbons (Fsp3) is 0.333. The van der Waals surface area contributed by atoms with Crippen LogP contribution in [0.5, 0.6) is 0 Å². The zero-order valence-electron chi connectivity index (χ0n) is 26.0. The number of hydrogen-bond acceptors (Lipinski definition) is 4. The third-order valence-electron chi connectivity index (χ3n) is 6.51. The summed E-state index contributed by atoms with van der Waals surface area (Å²) in [6, 6.07) is 20.9. The van der Waals surface area contributed by atoms with E-state index < -0.39 is 26.4 Å². The lowest BCUT2D eigenvalue weighted by atomic mass is 10.1. The molecule has 0 aromatic heterocycles. The van der Waals surface area contributed by atoms with Crippen LogP contribution in [0.2, 0.25) is 0 Å². The van der Waals surface area contributed by atoms with E-state index in [-0.39, 0.29) is 12.7 Å². The van der Waals surface area contributed by atoms with Crippen molar-refractivity contribution in [2.45, 2.75) is 46.8 Å². The van der Waals surface area contributed by atoms with Gasteiger partial charge in [0.05, 0.1) is 22.7 Å². The van der Waals surface area contributed by atoms with E-state index in [0.29, 0.717) is 5.69 Å². The fourth-order valence-corrected chi connectivity index (χ4v) is 5.01. The number of hydrogen-bond donors (Lipinski definition) is 0. The molecule has 2 heterocycles. The van der Waals surface area contributed by atoms with Crippen molar-refractivity contribution in [1.82, 2.24) is 0 Å². The third kappa shape index (κ3) is 2.81. The molecule has 0 aliphatic carbocycles. The Kier molecular flexibility index (Phi) is 3.07. The second-order valence-corrected chi connectivity index (χ2v) is 8.01. The van der Waals surface area contributed by atoms with Gasteiger partial charge in [-0.15, -0.1) is 0 Å². The van der Waals surface area contributed by atoms with E-state index in [1.54, 1.807) is 12.1 Å². The van der Waals surface area contributed by atoms with Gasteiger partial charge in [-0.3, -0.25) is 0 Å². The Bertz CT molecular complexity index is 1390. The van der Waals surface area contributed by atoms with Gasteiger partial charge in [0.25, 0.3) is 0 Å². The second kappa shape index (κ2) is 7.52. The molecule has 0 saturated carbocycles. The summed E-state index contributed by atoms with van der Waals surface area (Å²) in [5.74, 6) is 0. The normalized spacial score (nSPS) is 24.9. The highest BCUT2D eigenvalue weighted by Gasteiger charge is 2.36. The molecule has 0 amide bonds. The Morgan fingerprint density at radius 1 is 0.677 bits per heavy atom. The van der Waals surface area contributed by atoms with E-state index in [9.17, 15) is 0 Å². The second-order valence-electron chi connectivity index (χ2n) is 8.01. The smallest absolute Gasteiger partial charge is 0.104 e. The van der Waals surface area contributed by atoms with E-state index in [0.717, 1.165) is 34.0 Å². The van der Waals surface area contributed by atoms with Crippen LogP contribution in [0.3, 0.4) is 0 Å². The first-order chi connectivity index (χ1) is 18.1. The summed E-state index contributed by atoms with van der Waals surface area (Å²) in [5.41, 5.74) is 5.61. The van der Waals surface area contributed by atoms with Crippen LogP contribution in [0.25, 0.3) is 0 Å². The van der Waals surface area contributed by atoms with Gasteiger partial charge in [0.15, 0.2) is 0 Å². The number of nitrogens with zero attached hydrogens (tertiary/aromatic N) is 4. The summed E-state index contributed by atoms with van der Waals surface area (Å²) in [7, 11) is 0. The summed E-state index contributed by atoms with van der Waals surface area (Å²) in [5, 5.41) is 0. The highest BCUT2D eigenvalue weighted by atomic mass is 15.4. The maximum Gasteiger partial charge on any atom is 0.104 e. The molecule has 3 aromatic rings. The molecule has 0 N–H and O–H groups in total. The average molecular weight is 421 g/mol. The van der Waals surface area contributed by atoms with E-state index in [1.165, 1.54) is 4.90 Å². The summed E-state index contributed by atoms with van der Waals surface area (Å²) in [6.07, 6.45) is -0.886. The molecule has 0 fully saturated rings. The summed E-state index contributed by atoms with van der Waals surface area (Å²) < 4.78 is 64.5. The van der Waals surface area contributed by atoms with E-state index in [1.807, 2.05) is 85.2 Å². The predicted molar refractivity (Wildman–Crippen MR) is 133 cm³/mol. The average Bonchev–Trinajstić information content (AvgIpc) is 3.29. The quantitative estimate of drug-likeness (QED) is 0.469. The molecule has 2 atom stereocenters. The molecule has 3 aromatic carbocycles. The number of anilines is 6. The monoisotopic (exact) mass is 420 g/mol. The van der Waals surface area contributed by atoms with Crippen molar-refractivity contribution < 1.29 is 11.0 Å². The van der Waals surface area contributed by atoms with E-state index >= 15 is 0 Å². The zero-order valence-corrected chi connectivity index (χ0v) is 18.0. The molecule has 2 aliphatic heterocycles. The van der Waals surface area contributed by atoms with Crippen LogP contribution in [-0.4, -0.2) is 25.4 Å². The molecule has 0 bridgehead atoms. The molecule has 4 heteroatoms. The minimum atomic E-state index is -2.86. The maximum atomic E-state index is 8.57. The van der Waals surface area contributed by atoms with Crippen LogP contribution < -0.4 is 19.6 Å². The highest BCUT2D eigenvalue weighted by molar-refractivity contribution is 5.89. The first-order valence-corrected chi connectivity index (χ1v) is 10.6. The molecule has 160 valence electrons. The maximum absolute atomic E-state index is 8.57. The molecule has 5 rings (SSSR count). The Balaban J connectivity index is 1.62. The number of para-hydroxylation sites is 4. The lowest BCUT2D eigenvalue weighted by molar-refractivity contribution is 0.685. The van der Waals surface area contributed by atoms with Gasteiger partial charge in [-0.05, 0) is 76.4 Å². The molecular formula is C27H32N4. The molecule has 0 unspecified atom stereocenters. The number of benzene rings is 3. The molecule has 0 spiro atoms. The van der Waals surface area contributed by atoms with Crippen molar-refractivity contribution in [2.24, 2.45) is 0 Å². The van der Waals surface area contributed by atoms with Gasteiger partial charge in [0.2, 0.25) is 0 Å². The Morgan fingerprint density at radius 3 is 1.71 bits per heavy atom. The third-order valence-corrected chi connectivity index (χ3v) is 6.51. The summed E-state index contributed by atoms with van der Waals surface area (Å²) in [6.45, 7) is -1.89. The highest BCUT2D eigenvalue weighted by Crippen LogP contribution is 2.49.